The van der Waals surface area contributed by atoms with E-state index in [4.69, 9.17) is 23.7 Å². The van der Waals surface area contributed by atoms with Crippen molar-refractivity contribution < 1.29 is 18.0 Å². The van der Waals surface area contributed by atoms with Crippen LogP contribution in [0.4, 0.5) is 0 Å². The summed E-state index contributed by atoms with van der Waals surface area (Å²) in [6.07, 6.45) is 1.92. The quantitative estimate of drug-likeness (QED) is 0.570. The fourth-order valence-corrected chi connectivity index (χ4v) is 3.64. The summed E-state index contributed by atoms with van der Waals surface area (Å²) < 4.78 is 21.6. The monoisotopic (exact) mass is 265 g/mol. The minimum absolute atomic E-state index is 0.451. The highest BCUT2D eigenvalue weighted by molar-refractivity contribution is 6.60. The third kappa shape index (κ3) is 6.49. The van der Waals surface area contributed by atoms with E-state index in [1.165, 1.54) is 0 Å². The third-order valence-electron chi connectivity index (χ3n) is 2.92. The summed E-state index contributed by atoms with van der Waals surface area (Å²) >= 11 is 0. The molecule has 0 aromatic carbocycles. The Morgan fingerprint density at radius 1 is 1.06 bits per heavy atom. The van der Waals surface area contributed by atoms with E-state index in [0.717, 1.165) is 32.1 Å². The van der Waals surface area contributed by atoms with Gasteiger partial charge in [0.15, 0.2) is 0 Å². The van der Waals surface area contributed by atoms with Gasteiger partial charge in [0.05, 0.1) is 0 Å². The van der Waals surface area contributed by atoms with Crippen LogP contribution in [0, 0.1) is 5.92 Å². The topological polar surface area (TPSA) is 62.9 Å². The highest BCUT2D eigenvalue weighted by Crippen LogP contribution is 2.21. The lowest BCUT2D eigenvalue weighted by atomic mass is 10.0. The van der Waals surface area contributed by atoms with Gasteiger partial charge in [-0.25, -0.2) is 0 Å². The zero-order valence-electron chi connectivity index (χ0n) is 11.5. The molecule has 0 bridgehead atoms. The Bertz CT molecular complexity index is 171. The molecule has 0 saturated heterocycles. The molecule has 1 atom stereocenters. The first-order chi connectivity index (χ1) is 8.17. The second kappa shape index (κ2) is 9.99. The summed E-state index contributed by atoms with van der Waals surface area (Å²) in [7, 11) is 2.47. The van der Waals surface area contributed by atoms with E-state index in [2.05, 4.69) is 0 Å². The Morgan fingerprint density at radius 2 is 1.65 bits per heavy atom. The van der Waals surface area contributed by atoms with Crippen molar-refractivity contribution in [1.82, 2.24) is 0 Å². The number of ether oxygens (including phenoxy) is 1. The first-order valence-corrected chi connectivity index (χ1v) is 8.04. The largest absolute Gasteiger partial charge is 0.500 e. The smallest absolute Gasteiger partial charge is 0.381 e. The molecule has 0 aliphatic heterocycles. The van der Waals surface area contributed by atoms with Gasteiger partial charge in [0.2, 0.25) is 0 Å². The maximum absolute atomic E-state index is 5.60. The molecule has 0 spiro atoms. The Balaban J connectivity index is 4.15. The summed E-state index contributed by atoms with van der Waals surface area (Å²) in [6, 6.07) is 0.800. The van der Waals surface area contributed by atoms with Crippen molar-refractivity contribution in [3.05, 3.63) is 0 Å². The van der Waals surface area contributed by atoms with E-state index in [0.29, 0.717) is 12.5 Å². The average molecular weight is 265 g/mol. The molecule has 0 amide bonds. The van der Waals surface area contributed by atoms with Crippen LogP contribution in [0.3, 0.4) is 0 Å². The fourth-order valence-electron chi connectivity index (χ4n) is 1.77. The van der Waals surface area contributed by atoms with Gasteiger partial charge in [-0.05, 0) is 32.2 Å². The van der Waals surface area contributed by atoms with Crippen molar-refractivity contribution in [2.75, 3.05) is 41.1 Å². The second-order valence-corrected chi connectivity index (χ2v) is 7.03. The molecule has 2 N–H and O–H groups in total. The van der Waals surface area contributed by atoms with Crippen LogP contribution in [0.15, 0.2) is 0 Å². The normalized spacial score (nSPS) is 13.9. The minimum atomic E-state index is -2.44. The molecule has 0 aliphatic rings. The van der Waals surface area contributed by atoms with Crippen LogP contribution in [-0.2, 0) is 18.0 Å². The van der Waals surface area contributed by atoms with Crippen LogP contribution < -0.4 is 5.73 Å². The summed E-state index contributed by atoms with van der Waals surface area (Å²) in [5.74, 6) is 0.451. The number of hydrogen-bond donors (Lipinski definition) is 1. The van der Waals surface area contributed by atoms with Gasteiger partial charge in [-0.3, -0.25) is 0 Å². The van der Waals surface area contributed by atoms with E-state index in [-0.39, 0.29) is 0 Å². The molecule has 104 valence electrons. The Kier molecular flexibility index (Phi) is 10.00. The molecule has 17 heavy (non-hydrogen) atoms. The van der Waals surface area contributed by atoms with Crippen LogP contribution in [0.1, 0.15) is 19.8 Å². The maximum atomic E-state index is 5.60. The van der Waals surface area contributed by atoms with Crippen LogP contribution in [0.25, 0.3) is 0 Å². The summed E-state index contributed by atoms with van der Waals surface area (Å²) in [6.45, 7) is 4.16. The fraction of sp³-hybridized carbons (Fsp3) is 1.00. The summed E-state index contributed by atoms with van der Waals surface area (Å²) in [4.78, 5) is 0. The van der Waals surface area contributed by atoms with E-state index in [1.807, 2.05) is 6.92 Å². The number of hydrogen-bond acceptors (Lipinski definition) is 5. The highest BCUT2D eigenvalue weighted by atomic mass is 28.4. The van der Waals surface area contributed by atoms with Crippen molar-refractivity contribution in [2.24, 2.45) is 11.7 Å². The highest BCUT2D eigenvalue weighted by Gasteiger charge is 2.37. The van der Waals surface area contributed by atoms with Crippen molar-refractivity contribution in [3.8, 4) is 0 Å². The van der Waals surface area contributed by atoms with Crippen LogP contribution in [-0.4, -0.2) is 49.9 Å². The Hall–Kier alpha value is 0.0169. The lowest BCUT2D eigenvalue weighted by Gasteiger charge is -2.26. The van der Waals surface area contributed by atoms with Crippen molar-refractivity contribution in [1.29, 1.82) is 0 Å². The zero-order valence-corrected chi connectivity index (χ0v) is 12.5. The van der Waals surface area contributed by atoms with Crippen molar-refractivity contribution in [3.63, 3.8) is 0 Å². The molecule has 6 heteroatoms. The lowest BCUT2D eigenvalue weighted by molar-refractivity contribution is 0.0958. The van der Waals surface area contributed by atoms with E-state index in [9.17, 15) is 0 Å². The Morgan fingerprint density at radius 3 is 2.06 bits per heavy atom. The third-order valence-corrected chi connectivity index (χ3v) is 5.69. The van der Waals surface area contributed by atoms with Crippen molar-refractivity contribution >= 4 is 8.80 Å². The molecule has 0 aromatic heterocycles. The van der Waals surface area contributed by atoms with Gasteiger partial charge in [-0.1, -0.05) is 0 Å². The SMILES string of the molecule is CCOCC(CCN)CC[Si](OC)(OC)OC. The molecule has 0 radical (unpaired) electrons. The van der Waals surface area contributed by atoms with Crippen LogP contribution in [0.2, 0.25) is 6.04 Å². The van der Waals surface area contributed by atoms with Gasteiger partial charge in [0.1, 0.15) is 0 Å². The molecule has 0 aliphatic carbocycles. The molecule has 5 nitrogen and oxygen atoms in total. The summed E-state index contributed by atoms with van der Waals surface area (Å²) in [5, 5.41) is 0. The van der Waals surface area contributed by atoms with Crippen LogP contribution in [0.5, 0.6) is 0 Å². The molecule has 0 saturated carbocycles. The average Bonchev–Trinajstić information content (AvgIpc) is 2.38. The molecular weight excluding hydrogens is 238 g/mol. The van der Waals surface area contributed by atoms with E-state index < -0.39 is 8.80 Å². The van der Waals surface area contributed by atoms with Gasteiger partial charge in [0.25, 0.3) is 0 Å². The minimum Gasteiger partial charge on any atom is -0.381 e. The van der Waals surface area contributed by atoms with Gasteiger partial charge in [-0.2, -0.15) is 0 Å². The summed E-state index contributed by atoms with van der Waals surface area (Å²) in [5.41, 5.74) is 5.60. The predicted molar refractivity (Wildman–Crippen MR) is 69.9 cm³/mol. The van der Waals surface area contributed by atoms with Gasteiger partial charge < -0.3 is 23.7 Å². The Labute approximate surface area is 106 Å². The zero-order chi connectivity index (χ0) is 13.1. The van der Waals surface area contributed by atoms with Gasteiger partial charge in [0, 0.05) is 40.6 Å². The number of rotatable bonds is 11. The molecule has 1 unspecified atom stereocenters. The predicted octanol–water partition coefficient (Wildman–Crippen LogP) is 1.26. The molecule has 0 heterocycles. The lowest BCUT2D eigenvalue weighted by Crippen LogP contribution is -2.43. The van der Waals surface area contributed by atoms with E-state index >= 15 is 0 Å². The molecule has 0 rings (SSSR count). The first kappa shape index (κ1) is 17.0. The second-order valence-electron chi connectivity index (χ2n) is 3.94. The molecule has 0 aromatic rings. The first-order valence-electron chi connectivity index (χ1n) is 6.11. The molecular formula is C11H27NO4Si. The number of nitrogens with two attached hydrogens (primary N) is 1. The molecule has 0 fully saturated rings. The van der Waals surface area contributed by atoms with E-state index in [1.54, 1.807) is 21.3 Å². The van der Waals surface area contributed by atoms with Crippen molar-refractivity contribution in [2.45, 2.75) is 25.8 Å². The standard InChI is InChI=1S/C11H27NO4Si/c1-5-16-10-11(6-8-12)7-9-17(13-2,14-3)15-4/h11H,5-10,12H2,1-4H3. The van der Waals surface area contributed by atoms with Crippen LogP contribution >= 0.6 is 0 Å². The van der Waals surface area contributed by atoms with Gasteiger partial charge >= 0.3 is 8.80 Å². The van der Waals surface area contributed by atoms with Gasteiger partial charge in [-0.15, -0.1) is 0 Å². The maximum Gasteiger partial charge on any atom is 0.500 e.